The maximum atomic E-state index is 13.2. The number of benzene rings is 2. The number of hydrogen-bond acceptors (Lipinski definition) is 6. The van der Waals surface area contributed by atoms with Gasteiger partial charge in [0.1, 0.15) is 6.10 Å². The molecule has 0 amide bonds. The highest BCUT2D eigenvalue weighted by Gasteiger charge is 2.62. The average molecular weight is 397 g/mol. The van der Waals surface area contributed by atoms with E-state index >= 15 is 0 Å². The molecule has 3 rings (SSSR count). The molecule has 2 aromatic carbocycles. The van der Waals surface area contributed by atoms with Gasteiger partial charge in [0.25, 0.3) is 0 Å². The van der Waals surface area contributed by atoms with Crippen LogP contribution in [0.4, 0.5) is 5.69 Å². The average Bonchev–Trinajstić information content (AvgIpc) is 2.77. The molecule has 0 unspecified atom stereocenters. The highest BCUT2D eigenvalue weighted by Crippen LogP contribution is 2.49. The van der Waals surface area contributed by atoms with Gasteiger partial charge < -0.3 is 9.47 Å². The largest absolute Gasteiger partial charge is 0.468 e. The van der Waals surface area contributed by atoms with Crippen molar-refractivity contribution in [2.75, 3.05) is 19.3 Å². The Kier molecular flexibility index (Phi) is 6.23. The van der Waals surface area contributed by atoms with E-state index in [1.807, 2.05) is 74.5 Å². The van der Waals surface area contributed by atoms with Gasteiger partial charge in [-0.1, -0.05) is 62.4 Å². The number of carbonyl (C=O) groups is 2. The van der Waals surface area contributed by atoms with Crippen LogP contribution in [0.5, 0.6) is 0 Å². The predicted octanol–water partition coefficient (Wildman–Crippen LogP) is 3.93. The first-order chi connectivity index (χ1) is 14.0. The van der Waals surface area contributed by atoms with Gasteiger partial charge in [0, 0.05) is 6.42 Å². The van der Waals surface area contributed by atoms with E-state index in [-0.39, 0.29) is 12.3 Å². The number of nitrogens with zero attached hydrogens (tertiary/aromatic N) is 1. The number of para-hydroxylation sites is 1. The van der Waals surface area contributed by atoms with E-state index in [0.29, 0.717) is 0 Å². The second kappa shape index (κ2) is 8.66. The maximum Gasteiger partial charge on any atom is 0.325 e. The molecule has 2 atom stereocenters. The second-order valence-corrected chi connectivity index (χ2v) is 7.51. The number of hydroxylamine groups is 1. The van der Waals surface area contributed by atoms with Gasteiger partial charge in [-0.05, 0) is 23.6 Å². The molecule has 0 N–H and O–H groups in total. The molecule has 154 valence electrons. The minimum absolute atomic E-state index is 0.106. The van der Waals surface area contributed by atoms with E-state index < -0.39 is 29.5 Å². The van der Waals surface area contributed by atoms with Crippen molar-refractivity contribution in [2.24, 2.45) is 11.3 Å². The summed E-state index contributed by atoms with van der Waals surface area (Å²) in [5.74, 6) is -1.34. The number of esters is 2. The van der Waals surface area contributed by atoms with Gasteiger partial charge in [-0.25, -0.2) is 5.06 Å². The van der Waals surface area contributed by atoms with Crippen LogP contribution < -0.4 is 5.06 Å². The number of hydrogen-bond donors (Lipinski definition) is 0. The normalized spacial score (nSPS) is 20.9. The number of methoxy groups -OCH3 is 2. The molecule has 0 aromatic heterocycles. The van der Waals surface area contributed by atoms with E-state index in [4.69, 9.17) is 14.3 Å². The third-order valence-electron chi connectivity index (χ3n) is 5.42. The molecular weight excluding hydrogens is 370 g/mol. The Balaban J connectivity index is 2.21. The zero-order valence-corrected chi connectivity index (χ0v) is 17.2. The molecule has 0 aliphatic carbocycles. The van der Waals surface area contributed by atoms with Gasteiger partial charge in [0.05, 0.1) is 25.9 Å². The minimum Gasteiger partial charge on any atom is -0.468 e. The Labute approximate surface area is 171 Å². The van der Waals surface area contributed by atoms with Crippen LogP contribution >= 0.6 is 0 Å². The van der Waals surface area contributed by atoms with Crippen molar-refractivity contribution in [1.29, 1.82) is 0 Å². The van der Waals surface area contributed by atoms with Crippen LogP contribution in [0, 0.1) is 11.3 Å². The predicted molar refractivity (Wildman–Crippen MR) is 109 cm³/mol. The van der Waals surface area contributed by atoms with Gasteiger partial charge in [-0.15, -0.1) is 0 Å². The van der Waals surface area contributed by atoms with Gasteiger partial charge in [0.15, 0.2) is 5.41 Å². The topological polar surface area (TPSA) is 65.1 Å². The fourth-order valence-electron chi connectivity index (χ4n) is 4.19. The second-order valence-electron chi connectivity index (χ2n) is 7.51. The van der Waals surface area contributed by atoms with Crippen molar-refractivity contribution in [2.45, 2.75) is 32.4 Å². The Hall–Kier alpha value is -2.86. The van der Waals surface area contributed by atoms with Crippen molar-refractivity contribution in [3.63, 3.8) is 0 Å². The Morgan fingerprint density at radius 1 is 0.966 bits per heavy atom. The number of anilines is 1. The van der Waals surface area contributed by atoms with Crippen LogP contribution in [0.25, 0.3) is 0 Å². The Morgan fingerprint density at radius 2 is 1.48 bits per heavy atom. The van der Waals surface area contributed by atoms with E-state index in [2.05, 4.69) is 0 Å². The lowest BCUT2D eigenvalue weighted by Crippen LogP contribution is -2.63. The SMILES string of the molecule is COC(=O)C1(C(=O)OC)C[C@H](c2ccccc2)ON(c2ccccc2)[C@@H]1C(C)C. The van der Waals surface area contributed by atoms with Gasteiger partial charge in [0.2, 0.25) is 0 Å². The van der Waals surface area contributed by atoms with Crippen molar-refractivity contribution < 1.29 is 23.9 Å². The first kappa shape index (κ1) is 20.9. The Bertz CT molecular complexity index is 821. The summed E-state index contributed by atoms with van der Waals surface area (Å²) in [6, 6.07) is 18.4. The third kappa shape index (κ3) is 3.72. The molecule has 1 heterocycles. The van der Waals surface area contributed by atoms with E-state index in [1.165, 1.54) is 14.2 Å². The molecule has 29 heavy (non-hydrogen) atoms. The molecule has 1 aliphatic rings. The summed E-state index contributed by atoms with van der Waals surface area (Å²) in [6.45, 7) is 3.90. The molecule has 6 heteroatoms. The summed E-state index contributed by atoms with van der Waals surface area (Å²) >= 11 is 0. The summed E-state index contributed by atoms with van der Waals surface area (Å²) in [5.41, 5.74) is 0.0866. The number of ether oxygens (including phenoxy) is 2. The van der Waals surface area contributed by atoms with Gasteiger partial charge in [-0.2, -0.15) is 0 Å². The fraction of sp³-hybridized carbons (Fsp3) is 0.391. The van der Waals surface area contributed by atoms with Crippen molar-refractivity contribution in [3.05, 3.63) is 66.2 Å². The quantitative estimate of drug-likeness (QED) is 0.563. The summed E-state index contributed by atoms with van der Waals surface area (Å²) in [5, 5.41) is 1.68. The van der Waals surface area contributed by atoms with Crippen LogP contribution in [0.1, 0.15) is 31.9 Å². The summed E-state index contributed by atoms with van der Waals surface area (Å²) in [6.07, 6.45) is -0.396. The van der Waals surface area contributed by atoms with Crippen molar-refractivity contribution in [1.82, 2.24) is 0 Å². The van der Waals surface area contributed by atoms with Gasteiger partial charge >= 0.3 is 11.9 Å². The lowest BCUT2D eigenvalue weighted by Gasteiger charge is -2.50. The van der Waals surface area contributed by atoms with Gasteiger partial charge in [-0.3, -0.25) is 14.4 Å². The van der Waals surface area contributed by atoms with E-state index in [0.717, 1.165) is 11.3 Å². The minimum atomic E-state index is -1.54. The van der Waals surface area contributed by atoms with Crippen LogP contribution in [0.3, 0.4) is 0 Å². The van der Waals surface area contributed by atoms with Crippen LogP contribution in [0.15, 0.2) is 60.7 Å². The van der Waals surface area contributed by atoms with Crippen molar-refractivity contribution in [3.8, 4) is 0 Å². The third-order valence-corrected chi connectivity index (χ3v) is 5.42. The zero-order chi connectivity index (χ0) is 21.0. The molecule has 0 radical (unpaired) electrons. The summed E-state index contributed by atoms with van der Waals surface area (Å²) in [7, 11) is 2.59. The molecule has 0 bridgehead atoms. The monoisotopic (exact) mass is 397 g/mol. The highest BCUT2D eigenvalue weighted by molar-refractivity contribution is 6.01. The molecule has 0 spiro atoms. The summed E-state index contributed by atoms with van der Waals surface area (Å²) < 4.78 is 10.3. The first-order valence-corrected chi connectivity index (χ1v) is 9.68. The smallest absolute Gasteiger partial charge is 0.325 e. The van der Waals surface area contributed by atoms with Crippen molar-refractivity contribution >= 4 is 17.6 Å². The molecule has 1 saturated heterocycles. The molecule has 0 saturated carbocycles. The highest BCUT2D eigenvalue weighted by atomic mass is 16.7. The van der Waals surface area contributed by atoms with Crippen LogP contribution in [0.2, 0.25) is 0 Å². The molecule has 6 nitrogen and oxygen atoms in total. The zero-order valence-electron chi connectivity index (χ0n) is 17.2. The standard InChI is InChI=1S/C23H27NO5/c1-16(2)20-23(21(25)27-3,22(26)28-4)15-19(17-11-7-5-8-12-17)29-24(20)18-13-9-6-10-14-18/h5-14,16,19-20H,15H2,1-4H3/t19-,20-/m1/s1. The lowest BCUT2D eigenvalue weighted by atomic mass is 9.69. The van der Waals surface area contributed by atoms with E-state index in [1.54, 1.807) is 5.06 Å². The fourth-order valence-corrected chi connectivity index (χ4v) is 4.19. The lowest BCUT2D eigenvalue weighted by molar-refractivity contribution is -0.188. The van der Waals surface area contributed by atoms with Crippen LogP contribution in [-0.4, -0.2) is 32.2 Å². The summed E-state index contributed by atoms with van der Waals surface area (Å²) in [4.78, 5) is 32.7. The molecule has 2 aromatic rings. The van der Waals surface area contributed by atoms with E-state index in [9.17, 15) is 9.59 Å². The Morgan fingerprint density at radius 3 is 1.97 bits per heavy atom. The first-order valence-electron chi connectivity index (χ1n) is 9.68. The number of rotatable bonds is 5. The maximum absolute atomic E-state index is 13.2. The molecule has 1 fully saturated rings. The molecular formula is C23H27NO5. The number of carbonyl (C=O) groups excluding carboxylic acids is 2. The van der Waals surface area contributed by atoms with Crippen LogP contribution in [-0.2, 0) is 23.9 Å². The molecule has 1 aliphatic heterocycles.